The molecular weight excluding hydrogens is 340 g/mol. The van der Waals surface area contributed by atoms with Gasteiger partial charge in [0.2, 0.25) is 0 Å². The fraction of sp³-hybridized carbons (Fsp3) is 0.0435. The molecule has 0 saturated carbocycles. The molecule has 0 saturated heterocycles. The van der Waals surface area contributed by atoms with Gasteiger partial charge in [0.15, 0.2) is 0 Å². The maximum Gasteiger partial charge on any atom is 0.0656 e. The summed E-state index contributed by atoms with van der Waals surface area (Å²) in [6.45, 7) is 0. The van der Waals surface area contributed by atoms with Crippen LogP contribution < -0.4 is 0 Å². The molecule has 3 aromatic carbocycles. The summed E-state index contributed by atoms with van der Waals surface area (Å²) in [5.74, 6) is 0.0171. The average Bonchev–Trinajstić information content (AvgIpc) is 3.27. The van der Waals surface area contributed by atoms with Crippen molar-refractivity contribution >= 4 is 33.4 Å². The maximum atomic E-state index is 6.59. The van der Waals surface area contributed by atoms with Crippen molar-refractivity contribution in [1.29, 1.82) is 0 Å². The van der Waals surface area contributed by atoms with E-state index >= 15 is 0 Å². The number of aromatic nitrogens is 2. The van der Waals surface area contributed by atoms with Gasteiger partial charge in [0.25, 0.3) is 0 Å². The highest BCUT2D eigenvalue weighted by Gasteiger charge is 2.22. The summed E-state index contributed by atoms with van der Waals surface area (Å²) >= 11 is 6.59. The minimum atomic E-state index is 0.0171. The van der Waals surface area contributed by atoms with Gasteiger partial charge in [-0.25, -0.2) is 0 Å². The highest BCUT2D eigenvalue weighted by atomic mass is 35.5. The first-order valence-corrected chi connectivity index (χ1v) is 9.07. The fourth-order valence-corrected chi connectivity index (χ4v) is 3.96. The Morgan fingerprint density at radius 1 is 0.615 bits per heavy atom. The minimum absolute atomic E-state index is 0.0171. The van der Waals surface area contributed by atoms with Crippen LogP contribution >= 0.6 is 11.6 Å². The van der Waals surface area contributed by atoms with Gasteiger partial charge in [-0.2, -0.15) is 0 Å². The van der Waals surface area contributed by atoms with Crippen molar-refractivity contribution in [2.45, 2.75) is 5.92 Å². The van der Waals surface area contributed by atoms with E-state index in [2.05, 4.69) is 76.7 Å². The van der Waals surface area contributed by atoms with Gasteiger partial charge in [-0.05, 0) is 46.7 Å². The zero-order valence-electron chi connectivity index (χ0n) is 14.0. The topological polar surface area (TPSA) is 31.6 Å². The Hall–Kier alpha value is -2.97. The number of para-hydroxylation sites is 2. The predicted octanol–water partition coefficient (Wildman–Crippen LogP) is 6.48. The van der Waals surface area contributed by atoms with Crippen LogP contribution in [-0.2, 0) is 0 Å². The third kappa shape index (κ3) is 2.51. The third-order valence-corrected chi connectivity index (χ3v) is 5.28. The van der Waals surface area contributed by atoms with E-state index in [9.17, 15) is 0 Å². The van der Waals surface area contributed by atoms with E-state index < -0.39 is 0 Å². The molecule has 0 radical (unpaired) electrons. The Kier molecular flexibility index (Phi) is 3.58. The Balaban J connectivity index is 1.76. The van der Waals surface area contributed by atoms with Crippen LogP contribution in [0.3, 0.4) is 0 Å². The van der Waals surface area contributed by atoms with Gasteiger partial charge >= 0.3 is 0 Å². The highest BCUT2D eigenvalue weighted by molar-refractivity contribution is 6.31. The van der Waals surface area contributed by atoms with Crippen molar-refractivity contribution in [3.8, 4) is 0 Å². The van der Waals surface area contributed by atoms with Crippen molar-refractivity contribution in [3.05, 3.63) is 107 Å². The molecule has 2 heterocycles. The number of halogens is 1. The summed E-state index contributed by atoms with van der Waals surface area (Å²) in [4.78, 5) is 7.17. The first kappa shape index (κ1) is 15.3. The third-order valence-electron chi connectivity index (χ3n) is 4.94. The van der Waals surface area contributed by atoms with E-state index in [1.54, 1.807) is 0 Å². The summed E-state index contributed by atoms with van der Waals surface area (Å²) < 4.78 is 0. The van der Waals surface area contributed by atoms with Crippen molar-refractivity contribution in [2.24, 2.45) is 0 Å². The number of hydrogen-bond acceptors (Lipinski definition) is 0. The zero-order chi connectivity index (χ0) is 17.5. The largest absolute Gasteiger partial charge is 0.358 e. The predicted molar refractivity (Wildman–Crippen MR) is 109 cm³/mol. The summed E-state index contributed by atoms with van der Waals surface area (Å²) in [6, 6.07) is 29.2. The first-order chi connectivity index (χ1) is 12.8. The first-order valence-electron chi connectivity index (χ1n) is 8.69. The van der Waals surface area contributed by atoms with Crippen molar-refractivity contribution in [2.75, 3.05) is 0 Å². The normalized spacial score (nSPS) is 11.6. The van der Waals surface area contributed by atoms with Crippen molar-refractivity contribution < 1.29 is 0 Å². The lowest BCUT2D eigenvalue weighted by Crippen LogP contribution is -2.05. The molecule has 2 nitrogen and oxygen atoms in total. The lowest BCUT2D eigenvalue weighted by Gasteiger charge is -2.16. The molecule has 0 amide bonds. The Labute approximate surface area is 156 Å². The van der Waals surface area contributed by atoms with E-state index in [4.69, 9.17) is 11.6 Å². The molecule has 2 N–H and O–H groups in total. The molecule has 0 aliphatic heterocycles. The summed E-state index contributed by atoms with van der Waals surface area (Å²) in [7, 11) is 0. The lowest BCUT2D eigenvalue weighted by molar-refractivity contribution is 0.907. The van der Waals surface area contributed by atoms with Gasteiger partial charge in [0.05, 0.1) is 5.92 Å². The second-order valence-corrected chi connectivity index (χ2v) is 6.99. The van der Waals surface area contributed by atoms with Crippen LogP contribution in [0.25, 0.3) is 21.8 Å². The summed E-state index contributed by atoms with van der Waals surface area (Å²) in [6.07, 6.45) is 0. The van der Waals surface area contributed by atoms with E-state index in [1.807, 2.05) is 18.2 Å². The van der Waals surface area contributed by atoms with Gasteiger partial charge in [-0.1, -0.05) is 66.2 Å². The molecule has 0 atom stereocenters. The molecule has 0 unspecified atom stereocenters. The highest BCUT2D eigenvalue weighted by Crippen LogP contribution is 2.37. The van der Waals surface area contributed by atoms with Crippen LogP contribution in [0.2, 0.25) is 5.02 Å². The number of rotatable bonds is 3. The number of fused-ring (bicyclic) bond motifs is 2. The van der Waals surface area contributed by atoms with Gasteiger partial charge in [-0.3, -0.25) is 0 Å². The second-order valence-electron chi connectivity index (χ2n) is 6.58. The van der Waals surface area contributed by atoms with E-state index in [1.165, 1.54) is 10.8 Å². The number of H-pyrrole nitrogens is 2. The summed E-state index contributed by atoms with van der Waals surface area (Å²) in [5, 5.41) is 3.18. The molecule has 0 bridgehead atoms. The van der Waals surface area contributed by atoms with Crippen LogP contribution in [0.1, 0.15) is 22.9 Å². The zero-order valence-corrected chi connectivity index (χ0v) is 14.8. The van der Waals surface area contributed by atoms with Gasteiger partial charge in [0.1, 0.15) is 0 Å². The Morgan fingerprint density at radius 3 is 1.65 bits per heavy atom. The molecule has 2 aromatic heterocycles. The monoisotopic (exact) mass is 356 g/mol. The lowest BCUT2D eigenvalue weighted by atomic mass is 9.92. The van der Waals surface area contributed by atoms with E-state index in [-0.39, 0.29) is 5.92 Å². The molecule has 5 rings (SSSR count). The number of aromatic amines is 2. The van der Waals surface area contributed by atoms with Crippen LogP contribution in [0.4, 0.5) is 0 Å². The van der Waals surface area contributed by atoms with Crippen LogP contribution in [0.5, 0.6) is 0 Å². The SMILES string of the molecule is Clc1ccccc1C(c1cc2ccccc2[nH]1)c1cc2ccccc2[nH]1. The maximum absolute atomic E-state index is 6.59. The quantitative estimate of drug-likeness (QED) is 0.370. The molecule has 0 spiro atoms. The van der Waals surface area contributed by atoms with Crippen molar-refractivity contribution in [1.82, 2.24) is 9.97 Å². The van der Waals surface area contributed by atoms with Gasteiger partial charge in [0, 0.05) is 27.4 Å². The smallest absolute Gasteiger partial charge is 0.0656 e. The van der Waals surface area contributed by atoms with Crippen molar-refractivity contribution in [3.63, 3.8) is 0 Å². The minimum Gasteiger partial charge on any atom is -0.358 e. The molecular formula is C23H17ClN2. The van der Waals surface area contributed by atoms with Crippen LogP contribution in [0, 0.1) is 0 Å². The second kappa shape index (κ2) is 6.08. The Bertz CT molecular complexity index is 1080. The standard InChI is InChI=1S/C23H17ClN2/c24-18-10-4-3-9-17(18)23(21-13-15-7-1-5-11-19(15)25-21)22-14-16-8-2-6-12-20(16)26-22/h1-14,23,25-26H. The Morgan fingerprint density at radius 2 is 1.12 bits per heavy atom. The molecule has 26 heavy (non-hydrogen) atoms. The fourth-order valence-electron chi connectivity index (χ4n) is 3.71. The van der Waals surface area contributed by atoms with Crippen LogP contribution in [0.15, 0.2) is 84.9 Å². The molecule has 5 aromatic rings. The molecule has 0 aliphatic carbocycles. The van der Waals surface area contributed by atoms with E-state index in [0.717, 1.165) is 33.0 Å². The molecule has 3 heteroatoms. The van der Waals surface area contributed by atoms with E-state index in [0.29, 0.717) is 0 Å². The average molecular weight is 357 g/mol. The summed E-state index contributed by atoms with van der Waals surface area (Å²) in [5.41, 5.74) is 5.62. The van der Waals surface area contributed by atoms with Crippen LogP contribution in [-0.4, -0.2) is 9.97 Å². The molecule has 126 valence electrons. The number of hydrogen-bond donors (Lipinski definition) is 2. The van der Waals surface area contributed by atoms with Gasteiger partial charge in [-0.15, -0.1) is 0 Å². The number of nitrogens with one attached hydrogen (secondary N) is 2. The van der Waals surface area contributed by atoms with Gasteiger partial charge < -0.3 is 9.97 Å². The molecule has 0 fully saturated rings. The number of benzene rings is 3. The molecule has 0 aliphatic rings.